The van der Waals surface area contributed by atoms with Gasteiger partial charge in [-0.1, -0.05) is 5.16 Å². The van der Waals surface area contributed by atoms with Crippen molar-refractivity contribution in [1.82, 2.24) is 9.78 Å². The second kappa shape index (κ2) is 6.35. The molecule has 0 radical (unpaired) electrons. The third kappa shape index (κ3) is 3.37. The second-order valence-corrected chi connectivity index (χ2v) is 4.37. The van der Waals surface area contributed by atoms with Crippen LogP contribution >= 0.6 is 0 Å². The fourth-order valence-electron chi connectivity index (χ4n) is 2.05. The van der Waals surface area contributed by atoms with Crippen LogP contribution in [0.1, 0.15) is 20.1 Å². The van der Waals surface area contributed by atoms with Gasteiger partial charge in [-0.05, 0) is 6.07 Å². The molecule has 2 rings (SSSR count). The maximum absolute atomic E-state index is 11.2. The van der Waals surface area contributed by atoms with Gasteiger partial charge >= 0.3 is 11.9 Å². The standard InChI is InChI=1S/C12H15N3O6/c1-7(16)20-9-6-19-12(15-5-3-4-13-15)10(14-18)11(9)21-8(2)17/h3-5,9,11-12,18H,6H2,1-2H3/b14-10-/t9-,11-,12+/m1/s1. The molecule has 1 saturated heterocycles. The zero-order valence-electron chi connectivity index (χ0n) is 11.5. The molecule has 1 N–H and O–H groups in total. The molecule has 0 bridgehead atoms. The van der Waals surface area contributed by atoms with E-state index in [2.05, 4.69) is 10.3 Å². The van der Waals surface area contributed by atoms with Crippen molar-refractivity contribution >= 4 is 17.7 Å². The number of hydrogen-bond donors (Lipinski definition) is 1. The molecule has 1 aromatic heterocycles. The normalized spacial score (nSPS) is 27.3. The zero-order valence-corrected chi connectivity index (χ0v) is 11.5. The number of nitrogens with zero attached hydrogens (tertiary/aromatic N) is 3. The Kier molecular flexibility index (Phi) is 4.53. The van der Waals surface area contributed by atoms with E-state index < -0.39 is 30.4 Å². The molecule has 0 aromatic carbocycles. The zero-order chi connectivity index (χ0) is 15.4. The van der Waals surface area contributed by atoms with Crippen LogP contribution in [0.5, 0.6) is 0 Å². The van der Waals surface area contributed by atoms with Crippen LogP contribution in [0.15, 0.2) is 23.6 Å². The minimum atomic E-state index is -1.04. The molecule has 9 heteroatoms. The minimum absolute atomic E-state index is 0.00796. The first-order valence-electron chi connectivity index (χ1n) is 6.20. The van der Waals surface area contributed by atoms with Gasteiger partial charge < -0.3 is 19.4 Å². The number of hydrogen-bond acceptors (Lipinski definition) is 8. The molecule has 1 aliphatic rings. The van der Waals surface area contributed by atoms with Crippen LogP contribution in [0.3, 0.4) is 0 Å². The van der Waals surface area contributed by atoms with Gasteiger partial charge in [-0.15, -0.1) is 0 Å². The third-order valence-corrected chi connectivity index (χ3v) is 2.79. The number of esters is 2. The summed E-state index contributed by atoms with van der Waals surface area (Å²) in [4.78, 5) is 22.3. The lowest BCUT2D eigenvalue weighted by Crippen LogP contribution is -2.51. The Balaban J connectivity index is 2.28. The van der Waals surface area contributed by atoms with Crippen LogP contribution < -0.4 is 0 Å². The SMILES string of the molecule is CC(=O)O[C@@H]1CO[C@H](n2cccn2)/C(=N\O)[C@@H]1OC(C)=O. The number of aromatic nitrogens is 2. The monoisotopic (exact) mass is 297 g/mol. The molecule has 0 amide bonds. The van der Waals surface area contributed by atoms with E-state index in [1.165, 1.54) is 24.7 Å². The summed E-state index contributed by atoms with van der Waals surface area (Å²) in [6.07, 6.45) is 0.356. The number of ether oxygens (including phenoxy) is 3. The molecular formula is C12H15N3O6. The Morgan fingerprint density at radius 2 is 2.14 bits per heavy atom. The number of oxime groups is 1. The highest BCUT2D eigenvalue weighted by Crippen LogP contribution is 2.24. The molecule has 3 atom stereocenters. The summed E-state index contributed by atoms with van der Waals surface area (Å²) in [5.74, 6) is -1.16. The second-order valence-electron chi connectivity index (χ2n) is 4.37. The van der Waals surface area contributed by atoms with E-state index in [0.29, 0.717) is 0 Å². The van der Waals surface area contributed by atoms with Crippen molar-refractivity contribution < 1.29 is 29.0 Å². The Bertz CT molecular complexity index is 541. The maximum atomic E-state index is 11.2. The molecule has 0 aliphatic carbocycles. The highest BCUT2D eigenvalue weighted by atomic mass is 16.6. The van der Waals surface area contributed by atoms with Crippen LogP contribution in [0.4, 0.5) is 0 Å². The van der Waals surface area contributed by atoms with Crippen LogP contribution in [-0.4, -0.2) is 51.5 Å². The van der Waals surface area contributed by atoms with Crippen molar-refractivity contribution in [2.24, 2.45) is 5.16 Å². The van der Waals surface area contributed by atoms with Gasteiger partial charge in [0, 0.05) is 26.2 Å². The van der Waals surface area contributed by atoms with Crippen molar-refractivity contribution in [3.05, 3.63) is 18.5 Å². The molecule has 0 spiro atoms. The van der Waals surface area contributed by atoms with Crippen LogP contribution in [0.2, 0.25) is 0 Å². The summed E-state index contributed by atoms with van der Waals surface area (Å²) < 4.78 is 17.0. The Labute approximate surface area is 120 Å². The predicted octanol–water partition coefficient (Wildman–Crippen LogP) is 0.105. The van der Waals surface area contributed by atoms with E-state index in [1.54, 1.807) is 12.3 Å². The Hall–Kier alpha value is -2.42. The molecule has 0 saturated carbocycles. The van der Waals surface area contributed by atoms with E-state index >= 15 is 0 Å². The summed E-state index contributed by atoms with van der Waals surface area (Å²) in [6, 6.07) is 1.66. The molecule has 1 aromatic rings. The lowest BCUT2D eigenvalue weighted by Gasteiger charge is -2.35. The van der Waals surface area contributed by atoms with Crippen molar-refractivity contribution in [1.29, 1.82) is 0 Å². The minimum Gasteiger partial charge on any atom is -0.456 e. The molecule has 21 heavy (non-hydrogen) atoms. The quantitative estimate of drug-likeness (QED) is 0.478. The number of carbonyl (C=O) groups is 2. The Morgan fingerprint density at radius 3 is 2.67 bits per heavy atom. The topological polar surface area (TPSA) is 112 Å². The average molecular weight is 297 g/mol. The van der Waals surface area contributed by atoms with Gasteiger partial charge in [0.1, 0.15) is 0 Å². The van der Waals surface area contributed by atoms with Gasteiger partial charge in [-0.2, -0.15) is 5.10 Å². The first-order valence-corrected chi connectivity index (χ1v) is 6.20. The molecule has 1 aliphatic heterocycles. The largest absolute Gasteiger partial charge is 0.456 e. The van der Waals surface area contributed by atoms with Crippen molar-refractivity contribution in [3.8, 4) is 0 Å². The lowest BCUT2D eigenvalue weighted by molar-refractivity contribution is -0.172. The van der Waals surface area contributed by atoms with Gasteiger partial charge in [0.15, 0.2) is 24.1 Å². The highest BCUT2D eigenvalue weighted by molar-refractivity contribution is 5.93. The molecule has 2 heterocycles. The fourth-order valence-corrected chi connectivity index (χ4v) is 2.05. The van der Waals surface area contributed by atoms with E-state index in [4.69, 9.17) is 14.2 Å². The van der Waals surface area contributed by atoms with Gasteiger partial charge in [-0.3, -0.25) is 9.59 Å². The molecule has 9 nitrogen and oxygen atoms in total. The smallest absolute Gasteiger partial charge is 0.303 e. The third-order valence-electron chi connectivity index (χ3n) is 2.79. The summed E-state index contributed by atoms with van der Waals surface area (Å²) in [7, 11) is 0. The fraction of sp³-hybridized carbons (Fsp3) is 0.500. The summed E-state index contributed by atoms with van der Waals surface area (Å²) >= 11 is 0. The predicted molar refractivity (Wildman–Crippen MR) is 67.5 cm³/mol. The average Bonchev–Trinajstić information content (AvgIpc) is 2.93. The highest BCUT2D eigenvalue weighted by Gasteiger charge is 2.43. The van der Waals surface area contributed by atoms with Gasteiger partial charge in [-0.25, -0.2) is 4.68 Å². The van der Waals surface area contributed by atoms with Gasteiger partial charge in [0.2, 0.25) is 0 Å². The van der Waals surface area contributed by atoms with Crippen LogP contribution in [0, 0.1) is 0 Å². The van der Waals surface area contributed by atoms with E-state index in [9.17, 15) is 14.8 Å². The summed E-state index contributed by atoms with van der Waals surface area (Å²) in [5, 5.41) is 16.4. The van der Waals surface area contributed by atoms with E-state index in [0.717, 1.165) is 0 Å². The molecule has 0 unspecified atom stereocenters. The van der Waals surface area contributed by atoms with Gasteiger partial charge in [0.25, 0.3) is 0 Å². The van der Waals surface area contributed by atoms with Crippen molar-refractivity contribution in [3.63, 3.8) is 0 Å². The van der Waals surface area contributed by atoms with E-state index in [1.807, 2.05) is 0 Å². The molecule has 1 fully saturated rings. The molecule has 114 valence electrons. The lowest BCUT2D eigenvalue weighted by atomic mass is 10.0. The number of carbonyl (C=O) groups excluding carboxylic acids is 2. The summed E-state index contributed by atoms with van der Waals surface area (Å²) in [6.45, 7) is 2.40. The van der Waals surface area contributed by atoms with Gasteiger partial charge in [0.05, 0.1) is 6.61 Å². The first-order chi connectivity index (χ1) is 10.0. The summed E-state index contributed by atoms with van der Waals surface area (Å²) in [5.41, 5.74) is -0.00796. The van der Waals surface area contributed by atoms with Crippen molar-refractivity contribution in [2.75, 3.05) is 6.61 Å². The first kappa shape index (κ1) is 15.0. The molecular weight excluding hydrogens is 282 g/mol. The van der Waals surface area contributed by atoms with E-state index in [-0.39, 0.29) is 12.3 Å². The van der Waals surface area contributed by atoms with Crippen LogP contribution in [-0.2, 0) is 23.8 Å². The number of rotatable bonds is 3. The Morgan fingerprint density at radius 1 is 1.43 bits per heavy atom. The van der Waals surface area contributed by atoms with Crippen LogP contribution in [0.25, 0.3) is 0 Å². The van der Waals surface area contributed by atoms with Crippen molar-refractivity contribution in [2.45, 2.75) is 32.3 Å². The maximum Gasteiger partial charge on any atom is 0.303 e.